The molecule has 1 aromatic rings. The molecule has 0 heterocycles. The van der Waals surface area contributed by atoms with Crippen molar-refractivity contribution in [2.75, 3.05) is 19.7 Å². The van der Waals surface area contributed by atoms with Crippen molar-refractivity contribution in [3.63, 3.8) is 0 Å². The van der Waals surface area contributed by atoms with E-state index in [0.717, 1.165) is 19.5 Å². The van der Waals surface area contributed by atoms with Gasteiger partial charge in [-0.2, -0.15) is 0 Å². The second kappa shape index (κ2) is 9.53. The summed E-state index contributed by atoms with van der Waals surface area (Å²) in [7, 11) is 0. The number of likely N-dealkylation sites (N-methyl/N-ethyl adjacent to an activating group) is 1. The predicted molar refractivity (Wildman–Crippen MR) is 76.9 cm³/mol. The fraction of sp³-hybridized carbons (Fsp3) is 0.533. The van der Waals surface area contributed by atoms with Gasteiger partial charge in [0.2, 0.25) is 5.91 Å². The molecule has 0 radical (unpaired) electrons. The van der Waals surface area contributed by atoms with Crippen LogP contribution in [0.5, 0.6) is 0 Å². The van der Waals surface area contributed by atoms with Crippen LogP contribution >= 0.6 is 0 Å². The Hall–Kier alpha value is -1.39. The summed E-state index contributed by atoms with van der Waals surface area (Å²) in [5.74, 6) is -0.0419. The maximum atomic E-state index is 11.4. The lowest BCUT2D eigenvalue weighted by Gasteiger charge is -2.12. The molecule has 0 aliphatic carbocycles. The molecular weight excluding hydrogens is 240 g/mol. The van der Waals surface area contributed by atoms with Crippen LogP contribution in [0.4, 0.5) is 0 Å². The van der Waals surface area contributed by atoms with Gasteiger partial charge in [0.05, 0.1) is 0 Å². The highest BCUT2D eigenvalue weighted by Crippen LogP contribution is 1.97. The van der Waals surface area contributed by atoms with Crippen LogP contribution < -0.4 is 10.6 Å². The Balaban J connectivity index is 2.01. The zero-order valence-electron chi connectivity index (χ0n) is 11.8. The van der Waals surface area contributed by atoms with Gasteiger partial charge in [-0.05, 0) is 32.4 Å². The van der Waals surface area contributed by atoms with Crippen LogP contribution in [-0.4, -0.2) is 31.7 Å². The Morgan fingerprint density at radius 3 is 2.74 bits per heavy atom. The molecule has 4 heteroatoms. The predicted octanol–water partition coefficient (Wildman–Crippen LogP) is 1.71. The molecular formula is C15H24N2O2. The molecule has 0 saturated heterocycles. The largest absolute Gasteiger partial charge is 0.369 e. The van der Waals surface area contributed by atoms with Crippen LogP contribution in [0.15, 0.2) is 30.3 Å². The summed E-state index contributed by atoms with van der Waals surface area (Å²) < 4.78 is 5.46. The minimum atomic E-state index is -0.367. The minimum Gasteiger partial charge on any atom is -0.369 e. The minimum absolute atomic E-state index is 0.0419. The van der Waals surface area contributed by atoms with Crippen LogP contribution in [0.1, 0.15) is 25.8 Å². The van der Waals surface area contributed by atoms with Gasteiger partial charge in [0.1, 0.15) is 6.10 Å². The van der Waals surface area contributed by atoms with Crippen molar-refractivity contribution in [3.05, 3.63) is 35.9 Å². The van der Waals surface area contributed by atoms with Crippen LogP contribution in [0, 0.1) is 0 Å². The lowest BCUT2D eigenvalue weighted by atomic mass is 10.2. The highest BCUT2D eigenvalue weighted by Gasteiger charge is 2.10. The molecule has 19 heavy (non-hydrogen) atoms. The summed E-state index contributed by atoms with van der Waals surface area (Å²) in [6, 6.07) is 10.3. The Morgan fingerprint density at radius 2 is 2.05 bits per heavy atom. The van der Waals surface area contributed by atoms with E-state index >= 15 is 0 Å². The average Bonchev–Trinajstić information content (AvgIpc) is 2.43. The Bertz CT molecular complexity index is 354. The highest BCUT2D eigenvalue weighted by atomic mass is 16.5. The molecule has 0 spiro atoms. The number of benzene rings is 1. The molecule has 0 aromatic heterocycles. The zero-order chi connectivity index (χ0) is 13.9. The normalized spacial score (nSPS) is 12.1. The SMILES string of the molecule is CCNC(=O)C(C)OCCCNCc1ccccc1. The molecule has 1 unspecified atom stereocenters. The summed E-state index contributed by atoms with van der Waals surface area (Å²) in [6.45, 7) is 6.68. The van der Waals surface area contributed by atoms with Gasteiger partial charge in [-0.15, -0.1) is 0 Å². The van der Waals surface area contributed by atoms with E-state index in [4.69, 9.17) is 4.74 Å². The third kappa shape index (κ3) is 6.94. The Kier molecular flexibility index (Phi) is 7.86. The number of carbonyl (C=O) groups excluding carboxylic acids is 1. The van der Waals surface area contributed by atoms with Crippen LogP contribution in [0.3, 0.4) is 0 Å². The first-order chi connectivity index (χ1) is 9.24. The van der Waals surface area contributed by atoms with Gasteiger partial charge in [-0.1, -0.05) is 30.3 Å². The third-order valence-electron chi connectivity index (χ3n) is 2.76. The maximum absolute atomic E-state index is 11.4. The number of nitrogens with one attached hydrogen (secondary N) is 2. The first kappa shape index (κ1) is 15.7. The number of carbonyl (C=O) groups is 1. The zero-order valence-corrected chi connectivity index (χ0v) is 11.8. The second-order valence-electron chi connectivity index (χ2n) is 4.42. The smallest absolute Gasteiger partial charge is 0.248 e. The Morgan fingerprint density at radius 1 is 1.32 bits per heavy atom. The number of ether oxygens (including phenoxy) is 1. The van der Waals surface area contributed by atoms with Crippen LogP contribution in [0.25, 0.3) is 0 Å². The number of amides is 1. The van der Waals surface area contributed by atoms with Crippen molar-refractivity contribution in [2.24, 2.45) is 0 Å². The van der Waals surface area contributed by atoms with Gasteiger partial charge >= 0.3 is 0 Å². The Labute approximate surface area is 115 Å². The molecule has 1 aromatic carbocycles. The number of hydrogen-bond acceptors (Lipinski definition) is 3. The summed E-state index contributed by atoms with van der Waals surface area (Å²) in [5.41, 5.74) is 1.28. The van der Waals surface area contributed by atoms with E-state index in [1.54, 1.807) is 6.92 Å². The van der Waals surface area contributed by atoms with E-state index in [0.29, 0.717) is 13.2 Å². The average molecular weight is 264 g/mol. The maximum Gasteiger partial charge on any atom is 0.248 e. The van der Waals surface area contributed by atoms with E-state index in [9.17, 15) is 4.79 Å². The molecule has 0 saturated carbocycles. The molecule has 1 amide bonds. The van der Waals surface area contributed by atoms with Gasteiger partial charge < -0.3 is 15.4 Å². The van der Waals surface area contributed by atoms with E-state index in [-0.39, 0.29) is 12.0 Å². The van der Waals surface area contributed by atoms with Crippen molar-refractivity contribution in [1.29, 1.82) is 0 Å². The molecule has 1 atom stereocenters. The summed E-state index contributed by atoms with van der Waals surface area (Å²) >= 11 is 0. The van der Waals surface area contributed by atoms with E-state index in [1.165, 1.54) is 5.56 Å². The third-order valence-corrected chi connectivity index (χ3v) is 2.76. The molecule has 106 valence electrons. The lowest BCUT2D eigenvalue weighted by Crippen LogP contribution is -2.34. The summed E-state index contributed by atoms with van der Waals surface area (Å²) in [5, 5.41) is 6.09. The molecule has 0 bridgehead atoms. The van der Waals surface area contributed by atoms with Gasteiger partial charge in [0.25, 0.3) is 0 Å². The topological polar surface area (TPSA) is 50.4 Å². The molecule has 2 N–H and O–H groups in total. The fourth-order valence-corrected chi connectivity index (χ4v) is 1.68. The molecule has 0 aliphatic rings. The van der Waals surface area contributed by atoms with Gasteiger partial charge in [-0.3, -0.25) is 4.79 Å². The van der Waals surface area contributed by atoms with Crippen molar-refractivity contribution >= 4 is 5.91 Å². The van der Waals surface area contributed by atoms with Crippen LogP contribution in [0.2, 0.25) is 0 Å². The molecule has 1 rings (SSSR count). The number of hydrogen-bond donors (Lipinski definition) is 2. The summed E-state index contributed by atoms with van der Waals surface area (Å²) in [4.78, 5) is 11.4. The van der Waals surface area contributed by atoms with E-state index < -0.39 is 0 Å². The number of rotatable bonds is 9. The second-order valence-corrected chi connectivity index (χ2v) is 4.42. The first-order valence-electron chi connectivity index (χ1n) is 6.88. The van der Waals surface area contributed by atoms with Crippen molar-refractivity contribution in [1.82, 2.24) is 10.6 Å². The molecule has 4 nitrogen and oxygen atoms in total. The fourth-order valence-electron chi connectivity index (χ4n) is 1.68. The molecule has 0 aliphatic heterocycles. The van der Waals surface area contributed by atoms with Crippen LogP contribution in [-0.2, 0) is 16.1 Å². The molecule has 0 fully saturated rings. The van der Waals surface area contributed by atoms with Crippen molar-refractivity contribution in [2.45, 2.75) is 32.9 Å². The van der Waals surface area contributed by atoms with Gasteiger partial charge in [-0.25, -0.2) is 0 Å². The highest BCUT2D eigenvalue weighted by molar-refractivity contribution is 5.80. The first-order valence-corrected chi connectivity index (χ1v) is 6.88. The summed E-state index contributed by atoms with van der Waals surface area (Å²) in [6.07, 6.45) is 0.533. The lowest BCUT2D eigenvalue weighted by molar-refractivity contribution is -0.131. The van der Waals surface area contributed by atoms with Crippen molar-refractivity contribution in [3.8, 4) is 0 Å². The quantitative estimate of drug-likeness (QED) is 0.668. The van der Waals surface area contributed by atoms with E-state index in [2.05, 4.69) is 22.8 Å². The monoisotopic (exact) mass is 264 g/mol. The van der Waals surface area contributed by atoms with E-state index in [1.807, 2.05) is 25.1 Å². The van der Waals surface area contributed by atoms with Crippen molar-refractivity contribution < 1.29 is 9.53 Å². The standard InChI is InChI=1S/C15H24N2O2/c1-3-17-15(18)13(2)19-11-7-10-16-12-14-8-5-4-6-9-14/h4-6,8-9,13,16H,3,7,10-12H2,1-2H3,(H,17,18). The van der Waals surface area contributed by atoms with Gasteiger partial charge in [0, 0.05) is 19.7 Å². The van der Waals surface area contributed by atoms with Gasteiger partial charge in [0.15, 0.2) is 0 Å².